The zero-order valence-electron chi connectivity index (χ0n) is 12.5. The van der Waals surface area contributed by atoms with Gasteiger partial charge >= 0.3 is 0 Å². The van der Waals surface area contributed by atoms with Crippen LogP contribution in [0.3, 0.4) is 0 Å². The van der Waals surface area contributed by atoms with E-state index in [4.69, 9.17) is 0 Å². The summed E-state index contributed by atoms with van der Waals surface area (Å²) in [6, 6.07) is 8.75. The molecule has 1 unspecified atom stereocenters. The first kappa shape index (κ1) is 17.1. The zero-order valence-corrected chi connectivity index (χ0v) is 13.3. The van der Waals surface area contributed by atoms with Crippen molar-refractivity contribution in [3.63, 3.8) is 0 Å². The fourth-order valence-corrected chi connectivity index (χ4v) is 3.68. The molecule has 7 heteroatoms. The Hall–Kier alpha value is -2.28. The number of hydrogen-bond acceptors (Lipinski definition) is 3. The molecule has 0 bridgehead atoms. The summed E-state index contributed by atoms with van der Waals surface area (Å²) in [6.45, 7) is 2.95. The number of nitrogens with one attached hydrogen (secondary N) is 1. The van der Waals surface area contributed by atoms with E-state index in [2.05, 4.69) is 5.32 Å². The SMILES string of the molecule is CC(=O)NC(c1ccc(F)c(F)c1)S(=O)(=O)c1ccc(C)cc1. The van der Waals surface area contributed by atoms with E-state index >= 15 is 0 Å². The van der Waals surface area contributed by atoms with Crippen molar-refractivity contribution in [3.05, 3.63) is 65.2 Å². The average molecular weight is 339 g/mol. The number of carbonyl (C=O) groups is 1. The Morgan fingerprint density at radius 1 is 1.04 bits per heavy atom. The first-order valence-corrected chi connectivity index (χ1v) is 8.29. The molecule has 23 heavy (non-hydrogen) atoms. The summed E-state index contributed by atoms with van der Waals surface area (Å²) in [5.74, 6) is -2.88. The van der Waals surface area contributed by atoms with Crippen LogP contribution in [0.5, 0.6) is 0 Å². The van der Waals surface area contributed by atoms with Gasteiger partial charge in [0.2, 0.25) is 15.7 Å². The minimum Gasteiger partial charge on any atom is -0.336 e. The first-order valence-electron chi connectivity index (χ1n) is 6.74. The number of sulfone groups is 1. The van der Waals surface area contributed by atoms with Crippen molar-refractivity contribution in [1.29, 1.82) is 0 Å². The van der Waals surface area contributed by atoms with Crippen LogP contribution in [0.4, 0.5) is 8.78 Å². The number of benzene rings is 2. The van der Waals surface area contributed by atoms with Gasteiger partial charge in [-0.25, -0.2) is 17.2 Å². The van der Waals surface area contributed by atoms with E-state index in [1.54, 1.807) is 19.1 Å². The van der Waals surface area contributed by atoms with Crippen LogP contribution in [-0.4, -0.2) is 14.3 Å². The smallest absolute Gasteiger partial charge is 0.218 e. The maximum atomic E-state index is 13.4. The van der Waals surface area contributed by atoms with E-state index in [-0.39, 0.29) is 10.5 Å². The Labute approximate surface area is 133 Å². The summed E-state index contributed by atoms with van der Waals surface area (Å²) in [5.41, 5.74) is 0.813. The average Bonchev–Trinajstić information content (AvgIpc) is 2.48. The molecule has 2 rings (SSSR count). The molecule has 1 amide bonds. The minimum absolute atomic E-state index is 0.0217. The summed E-state index contributed by atoms with van der Waals surface area (Å²) < 4.78 is 52.0. The number of aryl methyl sites for hydroxylation is 1. The molecular formula is C16H15F2NO3S. The highest BCUT2D eigenvalue weighted by molar-refractivity contribution is 7.91. The normalized spacial score (nSPS) is 12.7. The van der Waals surface area contributed by atoms with E-state index < -0.39 is 32.8 Å². The highest BCUT2D eigenvalue weighted by Crippen LogP contribution is 2.28. The summed E-state index contributed by atoms with van der Waals surface area (Å²) in [4.78, 5) is 11.3. The molecule has 0 spiro atoms. The number of halogens is 2. The maximum Gasteiger partial charge on any atom is 0.218 e. The van der Waals surface area contributed by atoms with E-state index in [0.29, 0.717) is 0 Å². The van der Waals surface area contributed by atoms with Gasteiger partial charge in [0.25, 0.3) is 0 Å². The second-order valence-electron chi connectivity index (χ2n) is 5.11. The molecule has 2 aromatic carbocycles. The van der Waals surface area contributed by atoms with Gasteiger partial charge in [0, 0.05) is 6.92 Å². The largest absolute Gasteiger partial charge is 0.336 e. The van der Waals surface area contributed by atoms with E-state index in [1.165, 1.54) is 12.1 Å². The predicted octanol–water partition coefficient (Wildman–Crippen LogP) is 2.88. The lowest BCUT2D eigenvalue weighted by atomic mass is 10.2. The molecule has 1 N–H and O–H groups in total. The third-order valence-electron chi connectivity index (χ3n) is 3.24. The standard InChI is InChI=1S/C16H15F2NO3S/c1-10-3-6-13(7-4-10)23(21,22)16(19-11(2)20)12-5-8-14(17)15(18)9-12/h3-9,16H,1-2H3,(H,19,20). The van der Waals surface area contributed by atoms with Crippen molar-refractivity contribution in [3.8, 4) is 0 Å². The van der Waals surface area contributed by atoms with Crippen LogP contribution in [-0.2, 0) is 14.6 Å². The molecule has 1 atom stereocenters. The van der Waals surface area contributed by atoms with Crippen LogP contribution in [0.2, 0.25) is 0 Å². The summed E-state index contributed by atoms with van der Waals surface area (Å²) in [7, 11) is -4.02. The molecule has 0 saturated heterocycles. The third kappa shape index (κ3) is 3.73. The minimum atomic E-state index is -4.02. The lowest BCUT2D eigenvalue weighted by Gasteiger charge is -2.19. The van der Waals surface area contributed by atoms with Gasteiger partial charge in [0.15, 0.2) is 17.0 Å². The Balaban J connectivity index is 2.55. The number of rotatable bonds is 4. The van der Waals surface area contributed by atoms with Crippen molar-refractivity contribution in [1.82, 2.24) is 5.32 Å². The van der Waals surface area contributed by atoms with Gasteiger partial charge in [-0.2, -0.15) is 0 Å². The number of amides is 1. The van der Waals surface area contributed by atoms with Crippen molar-refractivity contribution in [2.24, 2.45) is 0 Å². The molecule has 0 aliphatic rings. The Bertz CT molecular complexity index is 833. The van der Waals surface area contributed by atoms with Gasteiger partial charge in [-0.15, -0.1) is 0 Å². The van der Waals surface area contributed by atoms with E-state index in [9.17, 15) is 22.0 Å². The Kier molecular flexibility index (Phi) is 4.79. The van der Waals surface area contributed by atoms with Crippen LogP contribution >= 0.6 is 0 Å². The molecule has 2 aromatic rings. The highest BCUT2D eigenvalue weighted by atomic mass is 32.2. The molecule has 0 saturated carbocycles. The molecule has 0 aliphatic heterocycles. The first-order chi connectivity index (χ1) is 10.7. The van der Waals surface area contributed by atoms with E-state index in [1.807, 2.05) is 0 Å². The fraction of sp³-hybridized carbons (Fsp3) is 0.188. The fourth-order valence-electron chi connectivity index (χ4n) is 2.06. The van der Waals surface area contributed by atoms with Crippen LogP contribution < -0.4 is 5.32 Å². The quantitative estimate of drug-likeness (QED) is 0.932. The van der Waals surface area contributed by atoms with E-state index in [0.717, 1.165) is 30.7 Å². The molecule has 0 aliphatic carbocycles. The number of hydrogen-bond donors (Lipinski definition) is 1. The lowest BCUT2D eigenvalue weighted by Crippen LogP contribution is -2.32. The summed E-state index contributed by atoms with van der Waals surface area (Å²) in [6.07, 6.45) is 0. The molecule has 0 radical (unpaired) electrons. The monoisotopic (exact) mass is 339 g/mol. The zero-order chi connectivity index (χ0) is 17.2. The van der Waals surface area contributed by atoms with Crippen LogP contribution in [0.25, 0.3) is 0 Å². The lowest BCUT2D eigenvalue weighted by molar-refractivity contribution is -0.119. The van der Waals surface area contributed by atoms with Gasteiger partial charge in [0.05, 0.1) is 4.90 Å². The second kappa shape index (κ2) is 6.45. The molecule has 122 valence electrons. The van der Waals surface area contributed by atoms with Crippen LogP contribution in [0.15, 0.2) is 47.4 Å². The second-order valence-corrected chi connectivity index (χ2v) is 7.14. The van der Waals surface area contributed by atoms with Gasteiger partial charge in [0.1, 0.15) is 0 Å². The number of carbonyl (C=O) groups excluding carboxylic acids is 1. The molecule has 0 heterocycles. The van der Waals surface area contributed by atoms with Crippen molar-refractivity contribution in [2.45, 2.75) is 24.1 Å². The van der Waals surface area contributed by atoms with Gasteiger partial charge in [-0.3, -0.25) is 4.79 Å². The van der Waals surface area contributed by atoms with Gasteiger partial charge in [-0.1, -0.05) is 23.8 Å². The molecule has 0 fully saturated rings. The summed E-state index contributed by atoms with van der Waals surface area (Å²) in [5, 5.41) is 0.778. The highest BCUT2D eigenvalue weighted by Gasteiger charge is 2.30. The topological polar surface area (TPSA) is 63.2 Å². The van der Waals surface area contributed by atoms with Crippen LogP contribution in [0, 0.1) is 18.6 Å². The van der Waals surface area contributed by atoms with Gasteiger partial charge < -0.3 is 5.32 Å². The van der Waals surface area contributed by atoms with Gasteiger partial charge in [-0.05, 0) is 36.8 Å². The van der Waals surface area contributed by atoms with Crippen LogP contribution in [0.1, 0.15) is 23.4 Å². The Morgan fingerprint density at radius 2 is 1.65 bits per heavy atom. The molecule has 0 aromatic heterocycles. The van der Waals surface area contributed by atoms with Crippen molar-refractivity contribution < 1.29 is 22.0 Å². The van der Waals surface area contributed by atoms with Crippen molar-refractivity contribution >= 4 is 15.7 Å². The molecular weight excluding hydrogens is 324 g/mol. The third-order valence-corrected chi connectivity index (χ3v) is 5.18. The Morgan fingerprint density at radius 3 is 2.17 bits per heavy atom. The molecule has 4 nitrogen and oxygen atoms in total. The van der Waals surface area contributed by atoms with Crippen molar-refractivity contribution in [2.75, 3.05) is 0 Å². The maximum absolute atomic E-state index is 13.4. The predicted molar refractivity (Wildman–Crippen MR) is 81.3 cm³/mol. The summed E-state index contributed by atoms with van der Waals surface area (Å²) >= 11 is 0.